The maximum atomic E-state index is 11.8. The van der Waals surface area contributed by atoms with Gasteiger partial charge in [-0.1, -0.05) is 50.0 Å². The van der Waals surface area contributed by atoms with Crippen molar-refractivity contribution in [3.63, 3.8) is 0 Å². The number of carboxylic acid groups (broad SMARTS) is 1. The molecule has 1 heterocycles. The van der Waals surface area contributed by atoms with E-state index in [9.17, 15) is 23.4 Å². The molecular weight excluding hydrogens is 441 g/mol. The van der Waals surface area contributed by atoms with Gasteiger partial charge in [0.25, 0.3) is 0 Å². The first-order chi connectivity index (χ1) is 13.2. The van der Waals surface area contributed by atoms with Crippen LogP contribution in [0.3, 0.4) is 0 Å². The number of hydrogen-bond acceptors (Lipinski definition) is 5. The van der Waals surface area contributed by atoms with Gasteiger partial charge in [0.05, 0.1) is 40.7 Å². The SMILES string of the molecule is CC(C)(C)C1CN(C(=O)O)CC(c2ccc(Cl)c(Cl)c2)C(C(O)CS(C)(=O)=O)O1. The highest BCUT2D eigenvalue weighted by molar-refractivity contribution is 7.90. The molecule has 0 aliphatic carbocycles. The molecule has 0 spiro atoms. The standard InChI is InChI=1S/C19H27Cl2NO6S/c1-19(2,3)16-9-22(18(24)25)8-12(11-5-6-13(20)14(21)7-11)17(28-16)15(23)10-29(4,26)27/h5-7,12,15-17,23H,8-10H2,1-4H3,(H,24,25). The Morgan fingerprint density at radius 2 is 1.90 bits per heavy atom. The van der Waals surface area contributed by atoms with Crippen molar-refractivity contribution in [3.05, 3.63) is 33.8 Å². The maximum absolute atomic E-state index is 11.8. The number of carbonyl (C=O) groups is 1. The van der Waals surface area contributed by atoms with Crippen molar-refractivity contribution < 1.29 is 28.2 Å². The minimum Gasteiger partial charge on any atom is -0.465 e. The number of amides is 1. The highest BCUT2D eigenvalue weighted by Crippen LogP contribution is 2.36. The predicted molar refractivity (Wildman–Crippen MR) is 113 cm³/mol. The molecule has 1 aromatic rings. The number of ether oxygens (including phenoxy) is 1. The fraction of sp³-hybridized carbons (Fsp3) is 0.632. The average molecular weight is 468 g/mol. The van der Waals surface area contributed by atoms with Crippen LogP contribution < -0.4 is 0 Å². The van der Waals surface area contributed by atoms with Crippen LogP contribution in [0, 0.1) is 5.41 Å². The first kappa shape index (κ1) is 24.2. The van der Waals surface area contributed by atoms with E-state index in [4.69, 9.17) is 27.9 Å². The van der Waals surface area contributed by atoms with Crippen LogP contribution >= 0.6 is 23.2 Å². The summed E-state index contributed by atoms with van der Waals surface area (Å²) in [7, 11) is -3.50. The molecule has 29 heavy (non-hydrogen) atoms. The van der Waals surface area contributed by atoms with Gasteiger partial charge in [-0.2, -0.15) is 0 Å². The summed E-state index contributed by atoms with van der Waals surface area (Å²) >= 11 is 12.2. The third-order valence-corrected chi connectivity index (χ3v) is 6.67. The molecule has 1 aliphatic rings. The second kappa shape index (κ2) is 8.98. The van der Waals surface area contributed by atoms with Crippen LogP contribution in [-0.4, -0.2) is 73.0 Å². The molecule has 0 radical (unpaired) electrons. The van der Waals surface area contributed by atoms with Crippen LogP contribution in [0.15, 0.2) is 18.2 Å². The number of aliphatic hydroxyl groups excluding tert-OH is 1. The zero-order valence-electron chi connectivity index (χ0n) is 16.8. The smallest absolute Gasteiger partial charge is 0.407 e. The van der Waals surface area contributed by atoms with E-state index in [2.05, 4.69) is 0 Å². The normalized spacial score (nSPS) is 24.8. The molecule has 0 aromatic heterocycles. The van der Waals surface area contributed by atoms with Crippen LogP contribution in [0.25, 0.3) is 0 Å². The quantitative estimate of drug-likeness (QED) is 0.703. The number of halogens is 2. The summed E-state index contributed by atoms with van der Waals surface area (Å²) < 4.78 is 29.8. The number of sulfone groups is 1. The fourth-order valence-corrected chi connectivity index (χ4v) is 4.50. The molecule has 1 aromatic carbocycles. The Hall–Kier alpha value is -1.06. The van der Waals surface area contributed by atoms with Crippen molar-refractivity contribution in [2.75, 3.05) is 25.1 Å². The Labute approximate surface area is 181 Å². The molecule has 0 bridgehead atoms. The lowest BCUT2D eigenvalue weighted by atomic mass is 9.88. The van der Waals surface area contributed by atoms with Gasteiger partial charge in [-0.3, -0.25) is 0 Å². The highest BCUT2D eigenvalue weighted by atomic mass is 35.5. The molecule has 2 rings (SSSR count). The Morgan fingerprint density at radius 1 is 1.28 bits per heavy atom. The molecule has 7 nitrogen and oxygen atoms in total. The van der Waals surface area contributed by atoms with Crippen LogP contribution in [0.2, 0.25) is 10.0 Å². The van der Waals surface area contributed by atoms with Crippen molar-refractivity contribution >= 4 is 39.1 Å². The number of nitrogens with zero attached hydrogens (tertiary/aromatic N) is 1. The van der Waals surface area contributed by atoms with E-state index in [-0.39, 0.29) is 18.1 Å². The van der Waals surface area contributed by atoms with E-state index >= 15 is 0 Å². The third-order valence-electron chi connectivity index (χ3n) is 4.98. The predicted octanol–water partition coefficient (Wildman–Crippen LogP) is 3.28. The van der Waals surface area contributed by atoms with Gasteiger partial charge >= 0.3 is 6.09 Å². The average Bonchev–Trinajstić information content (AvgIpc) is 2.76. The summed E-state index contributed by atoms with van der Waals surface area (Å²) in [4.78, 5) is 13.1. The van der Waals surface area contributed by atoms with Crippen molar-refractivity contribution in [1.29, 1.82) is 0 Å². The molecule has 1 amide bonds. The molecule has 2 N–H and O–H groups in total. The summed E-state index contributed by atoms with van der Waals surface area (Å²) in [5.74, 6) is -1.13. The van der Waals surface area contributed by atoms with E-state index in [0.29, 0.717) is 10.6 Å². The zero-order chi connectivity index (χ0) is 22.1. The Morgan fingerprint density at radius 3 is 2.38 bits per heavy atom. The van der Waals surface area contributed by atoms with E-state index in [0.717, 1.165) is 6.26 Å². The zero-order valence-corrected chi connectivity index (χ0v) is 19.1. The number of rotatable bonds is 4. The monoisotopic (exact) mass is 467 g/mol. The number of hydrogen-bond donors (Lipinski definition) is 2. The Balaban J connectivity index is 2.55. The van der Waals surface area contributed by atoms with Gasteiger partial charge in [-0.15, -0.1) is 0 Å². The first-order valence-electron chi connectivity index (χ1n) is 9.13. The second-order valence-corrected chi connectivity index (χ2v) is 11.6. The summed E-state index contributed by atoms with van der Waals surface area (Å²) in [6.07, 6.45) is -2.93. The minimum absolute atomic E-state index is 0.0192. The minimum atomic E-state index is -3.50. The summed E-state index contributed by atoms with van der Waals surface area (Å²) in [5.41, 5.74) is 0.168. The van der Waals surface area contributed by atoms with Gasteiger partial charge in [-0.05, 0) is 23.1 Å². The molecule has 0 saturated carbocycles. The molecule has 10 heteroatoms. The first-order valence-corrected chi connectivity index (χ1v) is 11.9. The molecule has 4 unspecified atom stereocenters. The van der Waals surface area contributed by atoms with Crippen molar-refractivity contribution in [1.82, 2.24) is 4.90 Å². The second-order valence-electron chi connectivity index (χ2n) is 8.58. The Kier molecular flexibility index (Phi) is 7.49. The lowest BCUT2D eigenvalue weighted by Gasteiger charge is -2.35. The van der Waals surface area contributed by atoms with Crippen LogP contribution in [0.4, 0.5) is 4.79 Å². The topological polar surface area (TPSA) is 104 Å². The molecule has 4 atom stereocenters. The summed E-state index contributed by atoms with van der Waals surface area (Å²) in [5, 5.41) is 21.1. The van der Waals surface area contributed by atoms with Gasteiger partial charge in [-0.25, -0.2) is 13.2 Å². The van der Waals surface area contributed by atoms with Gasteiger partial charge in [0, 0.05) is 18.7 Å². The van der Waals surface area contributed by atoms with Gasteiger partial charge in [0.2, 0.25) is 0 Å². The summed E-state index contributed by atoms with van der Waals surface area (Å²) in [6.45, 7) is 5.82. The largest absolute Gasteiger partial charge is 0.465 e. The van der Waals surface area contributed by atoms with Crippen molar-refractivity contribution in [3.8, 4) is 0 Å². The van der Waals surface area contributed by atoms with Gasteiger partial charge in [0.1, 0.15) is 9.84 Å². The molecule has 1 fully saturated rings. The fourth-order valence-electron chi connectivity index (χ4n) is 3.38. The lowest BCUT2D eigenvalue weighted by molar-refractivity contribution is -0.106. The van der Waals surface area contributed by atoms with Crippen LogP contribution in [-0.2, 0) is 14.6 Å². The number of benzene rings is 1. The van der Waals surface area contributed by atoms with Gasteiger partial charge in [0.15, 0.2) is 0 Å². The van der Waals surface area contributed by atoms with Crippen molar-refractivity contribution in [2.45, 2.75) is 45.0 Å². The lowest BCUT2D eigenvalue weighted by Crippen LogP contribution is -2.44. The molecule has 1 saturated heterocycles. The third kappa shape index (κ3) is 6.46. The summed E-state index contributed by atoms with van der Waals surface area (Å²) in [6, 6.07) is 4.85. The van der Waals surface area contributed by atoms with E-state index in [1.807, 2.05) is 20.8 Å². The van der Waals surface area contributed by atoms with Crippen molar-refractivity contribution in [2.24, 2.45) is 5.41 Å². The van der Waals surface area contributed by atoms with E-state index in [1.54, 1.807) is 18.2 Å². The maximum Gasteiger partial charge on any atom is 0.407 e. The van der Waals surface area contributed by atoms with Crippen LogP contribution in [0.5, 0.6) is 0 Å². The van der Waals surface area contributed by atoms with Gasteiger partial charge < -0.3 is 19.8 Å². The highest BCUT2D eigenvalue weighted by Gasteiger charge is 2.43. The van der Waals surface area contributed by atoms with E-state index in [1.165, 1.54) is 4.90 Å². The van der Waals surface area contributed by atoms with Crippen LogP contribution in [0.1, 0.15) is 32.3 Å². The molecular formula is C19H27Cl2NO6S. The number of aliphatic hydroxyl groups is 1. The molecule has 1 aliphatic heterocycles. The molecule has 164 valence electrons. The van der Waals surface area contributed by atoms with E-state index < -0.39 is 51.3 Å². The Bertz CT molecular complexity index is 855.